The van der Waals surface area contributed by atoms with Gasteiger partial charge < -0.3 is 38.6 Å². The van der Waals surface area contributed by atoms with Gasteiger partial charge in [0.2, 0.25) is 0 Å². The number of ether oxygens (including phenoxy) is 6. The van der Waals surface area contributed by atoms with E-state index in [-0.39, 0.29) is 42.3 Å². The molecule has 0 amide bonds. The summed E-state index contributed by atoms with van der Waals surface area (Å²) in [7, 11) is 6.87. The molecule has 2 heterocycles. The molecule has 9 heteroatoms. The third-order valence-electron chi connectivity index (χ3n) is 12.3. The van der Waals surface area contributed by atoms with Crippen molar-refractivity contribution < 1.29 is 38.6 Å². The van der Waals surface area contributed by atoms with Crippen LogP contribution in [0, 0.1) is 22.7 Å². The summed E-state index contributed by atoms with van der Waals surface area (Å²) in [5.74, 6) is -0.107. The van der Waals surface area contributed by atoms with Crippen LogP contribution in [0.25, 0.3) is 0 Å². The van der Waals surface area contributed by atoms with Crippen molar-refractivity contribution in [2.24, 2.45) is 22.7 Å². The molecule has 7 bridgehead atoms. The Balaban J connectivity index is 1.59. The minimum absolute atomic E-state index is 0.0527. The van der Waals surface area contributed by atoms with Crippen LogP contribution in [0.3, 0.4) is 0 Å². The first kappa shape index (κ1) is 23.7. The predicted octanol–water partition coefficient (Wildman–Crippen LogP) is 0.550. The van der Waals surface area contributed by atoms with Crippen molar-refractivity contribution in [2.45, 2.75) is 85.8 Å². The molecule has 0 radical (unpaired) electrons. The Labute approximate surface area is 207 Å². The van der Waals surface area contributed by atoms with Crippen molar-refractivity contribution in [2.75, 3.05) is 54.9 Å². The number of likely N-dealkylation sites (tertiary alicyclic amines) is 1. The van der Waals surface area contributed by atoms with E-state index in [0.29, 0.717) is 25.9 Å². The van der Waals surface area contributed by atoms with E-state index in [1.165, 1.54) is 0 Å². The highest BCUT2D eigenvalue weighted by Crippen LogP contribution is 2.84. The molecule has 198 valence electrons. The number of nitrogens with zero attached hydrogens (tertiary/aromatic N) is 1. The van der Waals surface area contributed by atoms with Gasteiger partial charge >= 0.3 is 0 Å². The maximum atomic E-state index is 13.3. The highest BCUT2D eigenvalue weighted by molar-refractivity contribution is 5.49. The van der Waals surface area contributed by atoms with E-state index >= 15 is 0 Å². The molecule has 35 heavy (non-hydrogen) atoms. The van der Waals surface area contributed by atoms with Crippen molar-refractivity contribution >= 4 is 0 Å². The summed E-state index contributed by atoms with van der Waals surface area (Å²) in [5, 5.41) is 26.4. The molecule has 0 aromatic heterocycles. The summed E-state index contributed by atoms with van der Waals surface area (Å²) in [6, 6.07) is -0.153. The van der Waals surface area contributed by atoms with E-state index in [2.05, 4.69) is 11.8 Å². The number of piperidine rings is 1. The molecule has 5 aliphatic carbocycles. The van der Waals surface area contributed by atoms with E-state index in [1.54, 1.807) is 28.4 Å². The van der Waals surface area contributed by atoms with Crippen LogP contribution in [-0.2, 0) is 28.4 Å². The first-order chi connectivity index (χ1) is 16.8. The van der Waals surface area contributed by atoms with Gasteiger partial charge in [-0.3, -0.25) is 4.90 Å². The summed E-state index contributed by atoms with van der Waals surface area (Å²) in [5.41, 5.74) is -6.04. The topological polar surface area (TPSA) is 99.1 Å². The van der Waals surface area contributed by atoms with E-state index in [9.17, 15) is 10.2 Å². The highest BCUT2D eigenvalue weighted by atomic mass is 16.7. The molecule has 2 N–H and O–H groups in total. The van der Waals surface area contributed by atoms with Gasteiger partial charge in [-0.15, -0.1) is 0 Å². The lowest BCUT2D eigenvalue weighted by molar-refractivity contribution is -0.387. The lowest BCUT2D eigenvalue weighted by Gasteiger charge is -2.74. The highest BCUT2D eigenvalue weighted by Gasteiger charge is 2.99. The lowest BCUT2D eigenvalue weighted by Crippen LogP contribution is -2.92. The Morgan fingerprint density at radius 3 is 2.46 bits per heavy atom. The van der Waals surface area contributed by atoms with Crippen LogP contribution < -0.4 is 0 Å². The molecule has 9 nitrogen and oxygen atoms in total. The quantitative estimate of drug-likeness (QED) is 0.547. The second kappa shape index (κ2) is 6.98. The molecular formula is C26H41NO8. The Bertz CT molecular complexity index is 922. The molecule has 0 aromatic rings. The van der Waals surface area contributed by atoms with Crippen molar-refractivity contribution in [3.8, 4) is 0 Å². The molecule has 7 rings (SSSR count). The molecule has 12 atom stereocenters. The van der Waals surface area contributed by atoms with E-state index in [4.69, 9.17) is 28.4 Å². The van der Waals surface area contributed by atoms with Crippen LogP contribution >= 0.6 is 0 Å². The molecule has 3 spiro atoms. The van der Waals surface area contributed by atoms with Gasteiger partial charge in [0.1, 0.15) is 23.6 Å². The zero-order valence-electron chi connectivity index (χ0n) is 21.6. The number of rotatable bonds is 6. The zero-order valence-corrected chi connectivity index (χ0v) is 21.6. The molecule has 2 saturated heterocycles. The fourth-order valence-corrected chi connectivity index (χ4v) is 11.7. The molecule has 7 aliphatic rings. The third-order valence-corrected chi connectivity index (χ3v) is 12.3. The average molecular weight is 496 g/mol. The number of methoxy groups -OCH3 is 4. The van der Waals surface area contributed by atoms with Crippen LogP contribution in [0.2, 0.25) is 0 Å². The van der Waals surface area contributed by atoms with Crippen molar-refractivity contribution in [1.29, 1.82) is 0 Å². The van der Waals surface area contributed by atoms with Gasteiger partial charge in [-0.1, -0.05) is 6.92 Å². The molecule has 2 aliphatic heterocycles. The first-order valence-corrected chi connectivity index (χ1v) is 13.3. The largest absolute Gasteiger partial charge is 0.386 e. The van der Waals surface area contributed by atoms with Gasteiger partial charge in [0, 0.05) is 52.7 Å². The summed E-state index contributed by atoms with van der Waals surface area (Å²) >= 11 is 0. The fourth-order valence-electron chi connectivity index (χ4n) is 11.7. The van der Waals surface area contributed by atoms with Gasteiger partial charge in [0.05, 0.1) is 36.4 Å². The van der Waals surface area contributed by atoms with Crippen LogP contribution in [0.5, 0.6) is 0 Å². The van der Waals surface area contributed by atoms with E-state index in [1.807, 2.05) is 0 Å². The smallest absolute Gasteiger partial charge is 0.152 e. The maximum Gasteiger partial charge on any atom is 0.152 e. The summed E-state index contributed by atoms with van der Waals surface area (Å²) in [6.07, 6.45) is 2.23. The standard InChI is InChI=1S/C26H41NO8/c1-6-27-12-21(13-30-2)8-7-18(32-4)25-17(21)11-22(20(25)27)24(35-14-34-22)10-16(31-3)15-9-23(25,28)26(24,29)19(15)33-5/h15-20,28-29H,6-14H2,1-5H3/t15-,16-,17-,18+,19-,20-,21+,22-,23-,24+,25+,26-/m0/s1. The molecular weight excluding hydrogens is 454 g/mol. The summed E-state index contributed by atoms with van der Waals surface area (Å²) < 4.78 is 37.7. The molecule has 7 fully saturated rings. The summed E-state index contributed by atoms with van der Waals surface area (Å²) in [6.45, 7) is 4.56. The van der Waals surface area contributed by atoms with Crippen LogP contribution in [-0.4, -0.2) is 117 Å². The Morgan fingerprint density at radius 1 is 1.00 bits per heavy atom. The Kier molecular flexibility index (Phi) is 4.74. The molecule has 0 unspecified atom stereocenters. The zero-order chi connectivity index (χ0) is 24.6. The monoisotopic (exact) mass is 495 g/mol. The van der Waals surface area contributed by atoms with Crippen molar-refractivity contribution in [3.05, 3.63) is 0 Å². The van der Waals surface area contributed by atoms with Crippen molar-refractivity contribution in [1.82, 2.24) is 4.90 Å². The molecule has 5 saturated carbocycles. The van der Waals surface area contributed by atoms with Gasteiger partial charge in [0.15, 0.2) is 5.60 Å². The second-order valence-corrected chi connectivity index (χ2v) is 12.5. The maximum absolute atomic E-state index is 13.3. The van der Waals surface area contributed by atoms with Gasteiger partial charge in [0.25, 0.3) is 0 Å². The third kappa shape index (κ3) is 2.00. The van der Waals surface area contributed by atoms with Gasteiger partial charge in [-0.25, -0.2) is 0 Å². The number of likely N-dealkylation sites (N-methyl/N-ethyl adjacent to an activating group) is 1. The Morgan fingerprint density at radius 2 is 1.80 bits per heavy atom. The summed E-state index contributed by atoms with van der Waals surface area (Å²) in [4.78, 5) is 2.50. The van der Waals surface area contributed by atoms with E-state index in [0.717, 1.165) is 25.9 Å². The lowest BCUT2D eigenvalue weighted by atomic mass is 9.39. The van der Waals surface area contributed by atoms with Gasteiger partial charge in [-0.2, -0.15) is 0 Å². The number of hydrogen-bond donors (Lipinski definition) is 2. The number of fused-ring (bicyclic) bond motifs is 1. The Hall–Kier alpha value is -0.360. The van der Waals surface area contributed by atoms with Crippen molar-refractivity contribution in [3.63, 3.8) is 0 Å². The minimum Gasteiger partial charge on any atom is -0.386 e. The number of aliphatic hydroxyl groups is 2. The van der Waals surface area contributed by atoms with Crippen LogP contribution in [0.4, 0.5) is 0 Å². The van der Waals surface area contributed by atoms with Crippen LogP contribution in [0.15, 0.2) is 0 Å². The molecule has 0 aromatic carbocycles. The number of hydrogen-bond acceptors (Lipinski definition) is 9. The van der Waals surface area contributed by atoms with Crippen LogP contribution in [0.1, 0.15) is 39.0 Å². The first-order valence-electron chi connectivity index (χ1n) is 13.3. The second-order valence-electron chi connectivity index (χ2n) is 12.5. The fraction of sp³-hybridized carbons (Fsp3) is 1.00. The predicted molar refractivity (Wildman–Crippen MR) is 123 cm³/mol. The van der Waals surface area contributed by atoms with Gasteiger partial charge in [-0.05, 0) is 38.1 Å². The minimum atomic E-state index is -1.65. The SMILES string of the molecule is CCN1C[C@@]2(COC)CC[C@@H](OC)[C@@]34[C@@H]1[C@]1(C[C@@H]23)OCO[C@]12C[C@H](OC)[C@@H]1C[C@@]4(O)[C@@]2(O)[C@H]1OC. The van der Waals surface area contributed by atoms with E-state index < -0.39 is 33.9 Å². The average Bonchev–Trinajstić information content (AvgIpc) is 3.39. The normalized spacial score (nSPS) is 61.8.